The summed E-state index contributed by atoms with van der Waals surface area (Å²) in [6.45, 7) is 2.11. The van der Waals surface area contributed by atoms with Crippen molar-refractivity contribution in [2.75, 3.05) is 5.32 Å². The molecule has 1 heterocycles. The molecule has 0 spiro atoms. The number of nitrogens with one attached hydrogen (secondary N) is 1. The summed E-state index contributed by atoms with van der Waals surface area (Å²) in [6, 6.07) is 2.69. The maximum atomic E-state index is 12.7. The van der Waals surface area contributed by atoms with E-state index in [4.69, 9.17) is 5.73 Å². The van der Waals surface area contributed by atoms with E-state index in [0.717, 1.165) is 54.3 Å². The summed E-state index contributed by atoms with van der Waals surface area (Å²) in [7, 11) is 0. The molecule has 2 aromatic rings. The van der Waals surface area contributed by atoms with Crippen molar-refractivity contribution >= 4 is 39.5 Å². The number of hydrogen-bond donors (Lipinski definition) is 2. The van der Waals surface area contributed by atoms with Crippen LogP contribution < -0.4 is 11.1 Å². The molecule has 1 aromatic carbocycles. The molecule has 0 saturated heterocycles. The monoisotopic (exact) mass is 432 g/mol. The Labute approximate surface area is 175 Å². The van der Waals surface area contributed by atoms with Gasteiger partial charge in [-0.3, -0.25) is 29.8 Å². The first-order valence-electron chi connectivity index (χ1n) is 9.40. The molecule has 3 rings (SSSR count). The van der Waals surface area contributed by atoms with Gasteiger partial charge in [0, 0.05) is 17.0 Å². The van der Waals surface area contributed by atoms with E-state index in [0.29, 0.717) is 12.3 Å². The Kier molecular flexibility index (Phi) is 6.11. The average molecular weight is 432 g/mol. The molecule has 0 radical (unpaired) electrons. The van der Waals surface area contributed by atoms with E-state index < -0.39 is 33.0 Å². The molecule has 1 atom stereocenters. The van der Waals surface area contributed by atoms with Crippen LogP contribution in [-0.4, -0.2) is 21.7 Å². The topological polar surface area (TPSA) is 158 Å². The van der Waals surface area contributed by atoms with E-state index in [2.05, 4.69) is 12.2 Å². The smallest absolute Gasteiger partial charge is 0.277 e. The van der Waals surface area contributed by atoms with Crippen molar-refractivity contribution in [3.05, 3.63) is 60.0 Å². The number of rotatable bonds is 7. The first kappa shape index (κ1) is 21.4. The lowest BCUT2D eigenvalue weighted by atomic mass is 9.84. The van der Waals surface area contributed by atoms with E-state index in [1.165, 1.54) is 11.3 Å². The Bertz CT molecular complexity index is 1020. The fourth-order valence-corrected chi connectivity index (χ4v) is 5.13. The molecule has 30 heavy (non-hydrogen) atoms. The second kappa shape index (κ2) is 8.57. The lowest BCUT2D eigenvalue weighted by Gasteiger charge is -2.21. The third kappa shape index (κ3) is 4.30. The van der Waals surface area contributed by atoms with Gasteiger partial charge in [-0.1, -0.05) is 19.8 Å². The maximum absolute atomic E-state index is 12.7. The molecule has 1 unspecified atom stereocenters. The highest BCUT2D eigenvalue weighted by Gasteiger charge is 2.29. The fraction of sp³-hybridized carbons (Fsp3) is 0.368. The Morgan fingerprint density at radius 1 is 1.20 bits per heavy atom. The number of primary amides is 1. The molecule has 1 aromatic heterocycles. The summed E-state index contributed by atoms with van der Waals surface area (Å²) in [5, 5.41) is 25.0. The van der Waals surface area contributed by atoms with Crippen LogP contribution in [0.1, 0.15) is 57.3 Å². The molecular formula is C19H20N4O6S. The van der Waals surface area contributed by atoms with Crippen LogP contribution in [0.3, 0.4) is 0 Å². The molecule has 1 aliphatic carbocycles. The standard InChI is InChI=1S/C19H20N4O6S/c1-2-3-10-4-5-14-15(6-10)30-19(16(14)17(20)24)21-18(25)11-7-12(22(26)27)9-13(8-11)23(28)29/h7-10H,2-6H2,1H3,(H2,20,24)(H,21,25). The number of benzene rings is 1. The highest BCUT2D eigenvalue weighted by atomic mass is 32.1. The Morgan fingerprint density at radius 2 is 1.83 bits per heavy atom. The van der Waals surface area contributed by atoms with Gasteiger partial charge < -0.3 is 11.1 Å². The lowest BCUT2D eigenvalue weighted by molar-refractivity contribution is -0.394. The van der Waals surface area contributed by atoms with Crippen LogP contribution in [0.4, 0.5) is 16.4 Å². The summed E-state index contributed by atoms with van der Waals surface area (Å²) in [4.78, 5) is 46.3. The van der Waals surface area contributed by atoms with E-state index >= 15 is 0 Å². The normalized spacial score (nSPS) is 15.3. The number of nitro benzene ring substituents is 2. The zero-order valence-electron chi connectivity index (χ0n) is 16.2. The number of nitrogens with two attached hydrogens (primary N) is 1. The van der Waals surface area contributed by atoms with Gasteiger partial charge in [-0.25, -0.2) is 0 Å². The van der Waals surface area contributed by atoms with Crippen LogP contribution in [0.2, 0.25) is 0 Å². The first-order chi connectivity index (χ1) is 14.2. The minimum absolute atomic E-state index is 0.248. The van der Waals surface area contributed by atoms with Crippen molar-refractivity contribution in [1.29, 1.82) is 0 Å². The average Bonchev–Trinajstić information content (AvgIpc) is 3.04. The minimum Gasteiger partial charge on any atom is -0.365 e. The van der Waals surface area contributed by atoms with Crippen LogP contribution in [-0.2, 0) is 12.8 Å². The second-order valence-electron chi connectivity index (χ2n) is 7.18. The van der Waals surface area contributed by atoms with Gasteiger partial charge in [0.05, 0.1) is 27.0 Å². The number of fused-ring (bicyclic) bond motifs is 1. The van der Waals surface area contributed by atoms with Crippen molar-refractivity contribution < 1.29 is 19.4 Å². The Morgan fingerprint density at radius 3 is 2.37 bits per heavy atom. The molecule has 11 heteroatoms. The summed E-state index contributed by atoms with van der Waals surface area (Å²) < 4.78 is 0. The third-order valence-electron chi connectivity index (χ3n) is 5.12. The Hall–Kier alpha value is -3.34. The number of thiophene rings is 1. The number of carbonyl (C=O) groups excluding carboxylic acids is 2. The zero-order chi connectivity index (χ0) is 22.0. The predicted octanol–water partition coefficient (Wildman–Crippen LogP) is 3.82. The molecule has 3 N–H and O–H groups in total. The number of non-ortho nitro benzene ring substituents is 2. The van der Waals surface area contributed by atoms with Crippen LogP contribution in [0.15, 0.2) is 18.2 Å². The molecule has 10 nitrogen and oxygen atoms in total. The summed E-state index contributed by atoms with van der Waals surface area (Å²) in [5.41, 5.74) is 5.25. The number of carbonyl (C=O) groups is 2. The maximum Gasteiger partial charge on any atom is 0.277 e. The van der Waals surface area contributed by atoms with Gasteiger partial charge in [0.15, 0.2) is 0 Å². The lowest BCUT2D eigenvalue weighted by Crippen LogP contribution is -2.20. The van der Waals surface area contributed by atoms with E-state index in [-0.39, 0.29) is 16.1 Å². The van der Waals surface area contributed by atoms with E-state index in [1.54, 1.807) is 0 Å². The quantitative estimate of drug-likeness (QED) is 0.500. The van der Waals surface area contributed by atoms with E-state index in [9.17, 15) is 29.8 Å². The molecule has 0 fully saturated rings. The van der Waals surface area contributed by atoms with E-state index in [1.807, 2.05) is 0 Å². The van der Waals surface area contributed by atoms with Crippen molar-refractivity contribution in [2.45, 2.75) is 39.0 Å². The SMILES string of the molecule is CCCC1CCc2c(sc(NC(=O)c3cc([N+](=O)[O-])cc([N+](=O)[O-])c3)c2C(N)=O)C1. The van der Waals surface area contributed by atoms with Crippen LogP contribution in [0, 0.1) is 26.1 Å². The molecule has 0 saturated carbocycles. The number of hydrogen-bond acceptors (Lipinski definition) is 7. The fourth-order valence-electron chi connectivity index (χ4n) is 3.77. The van der Waals surface area contributed by atoms with Gasteiger partial charge in [0.1, 0.15) is 5.00 Å². The zero-order valence-corrected chi connectivity index (χ0v) is 17.0. The van der Waals surface area contributed by atoms with Gasteiger partial charge >= 0.3 is 0 Å². The molecule has 0 bridgehead atoms. The molecule has 1 aliphatic rings. The second-order valence-corrected chi connectivity index (χ2v) is 8.28. The molecule has 0 aliphatic heterocycles. The largest absolute Gasteiger partial charge is 0.365 e. The number of nitrogens with zero attached hydrogens (tertiary/aromatic N) is 2. The van der Waals surface area contributed by atoms with Gasteiger partial charge in [-0.05, 0) is 30.7 Å². The van der Waals surface area contributed by atoms with Gasteiger partial charge in [-0.15, -0.1) is 11.3 Å². The highest BCUT2D eigenvalue weighted by Crippen LogP contribution is 2.40. The third-order valence-corrected chi connectivity index (χ3v) is 6.29. The predicted molar refractivity (Wildman–Crippen MR) is 111 cm³/mol. The molecule has 158 valence electrons. The van der Waals surface area contributed by atoms with Crippen LogP contribution in [0.25, 0.3) is 0 Å². The summed E-state index contributed by atoms with van der Waals surface area (Å²) >= 11 is 1.26. The Balaban J connectivity index is 1.95. The van der Waals surface area contributed by atoms with Crippen LogP contribution >= 0.6 is 11.3 Å². The highest BCUT2D eigenvalue weighted by molar-refractivity contribution is 7.17. The molecule has 2 amide bonds. The number of amides is 2. The first-order valence-corrected chi connectivity index (χ1v) is 10.2. The van der Waals surface area contributed by atoms with Gasteiger partial charge in [0.25, 0.3) is 23.2 Å². The van der Waals surface area contributed by atoms with Gasteiger partial charge in [0.2, 0.25) is 0 Å². The summed E-state index contributed by atoms with van der Waals surface area (Å²) in [6.07, 6.45) is 4.55. The molecular weight excluding hydrogens is 412 g/mol. The minimum atomic E-state index is -0.809. The number of nitro groups is 2. The number of anilines is 1. The van der Waals surface area contributed by atoms with Gasteiger partial charge in [-0.2, -0.15) is 0 Å². The summed E-state index contributed by atoms with van der Waals surface area (Å²) in [5.74, 6) is -0.945. The van der Waals surface area contributed by atoms with Crippen LogP contribution in [0.5, 0.6) is 0 Å². The van der Waals surface area contributed by atoms with Crippen molar-refractivity contribution in [3.63, 3.8) is 0 Å². The van der Waals surface area contributed by atoms with Crippen molar-refractivity contribution in [3.8, 4) is 0 Å². The van der Waals surface area contributed by atoms with Crippen molar-refractivity contribution in [2.24, 2.45) is 11.7 Å². The van der Waals surface area contributed by atoms with Crippen molar-refractivity contribution in [1.82, 2.24) is 0 Å².